The molecule has 2 aromatic carbocycles. The second kappa shape index (κ2) is 8.17. The van der Waals surface area contributed by atoms with Crippen LogP contribution in [0.3, 0.4) is 0 Å². The number of alkyl halides is 1. The van der Waals surface area contributed by atoms with Crippen LogP contribution in [0, 0.1) is 0 Å². The van der Waals surface area contributed by atoms with Crippen LogP contribution in [0.2, 0.25) is 0 Å². The minimum absolute atomic E-state index is 0.212. The summed E-state index contributed by atoms with van der Waals surface area (Å²) in [5.41, 5.74) is 5.47. The average Bonchev–Trinajstić information content (AvgIpc) is 2.83. The lowest BCUT2D eigenvalue weighted by atomic mass is 9.93. The van der Waals surface area contributed by atoms with Crippen LogP contribution >= 0.6 is 0 Å². The quantitative estimate of drug-likeness (QED) is 0.489. The van der Waals surface area contributed by atoms with E-state index in [9.17, 15) is 14.0 Å². The Kier molecular flexibility index (Phi) is 5.45. The number of likely N-dealkylation sites (tertiary alicyclic amines) is 1. The Morgan fingerprint density at radius 2 is 1.83 bits per heavy atom. The summed E-state index contributed by atoms with van der Waals surface area (Å²) in [5.74, 6) is -2.71. The maximum absolute atomic E-state index is 13.1. The van der Waals surface area contributed by atoms with E-state index in [0.717, 1.165) is 48.1 Å². The molecule has 0 aromatic heterocycles. The third-order valence-electron chi connectivity index (χ3n) is 5.43. The van der Waals surface area contributed by atoms with E-state index in [1.54, 1.807) is 12.1 Å². The van der Waals surface area contributed by atoms with Gasteiger partial charge in [-0.1, -0.05) is 36.4 Å². The van der Waals surface area contributed by atoms with Gasteiger partial charge in [0.2, 0.25) is 0 Å². The van der Waals surface area contributed by atoms with Crippen molar-refractivity contribution in [3.8, 4) is 5.75 Å². The molecule has 0 unspecified atom stereocenters. The molecule has 1 fully saturated rings. The molecule has 0 radical (unpaired) electrons. The summed E-state index contributed by atoms with van der Waals surface area (Å²) in [4.78, 5) is 24.4. The number of rotatable bonds is 4. The van der Waals surface area contributed by atoms with E-state index in [1.165, 1.54) is 5.56 Å². The predicted molar refractivity (Wildman–Crippen MR) is 107 cm³/mol. The van der Waals surface area contributed by atoms with Crippen LogP contribution in [0.1, 0.15) is 28.7 Å². The van der Waals surface area contributed by atoms with Crippen molar-refractivity contribution in [2.45, 2.75) is 25.4 Å². The SMILES string of the molecule is O=C(O)C(=O)Oc1ccc2c(c1)/C(=C\CCN1CC(F)C1)c1ccccc1CC2. The number of halogens is 1. The van der Waals surface area contributed by atoms with Crippen LogP contribution in [0.25, 0.3) is 5.57 Å². The molecule has 2 aliphatic rings. The van der Waals surface area contributed by atoms with Gasteiger partial charge in [0.1, 0.15) is 11.9 Å². The van der Waals surface area contributed by atoms with Gasteiger partial charge < -0.3 is 9.84 Å². The Hall–Kier alpha value is -2.99. The molecule has 0 bridgehead atoms. The third kappa shape index (κ3) is 4.22. The standard InChI is InChI=1S/C23H22FNO4/c24-17-13-25(14-17)11-3-6-20-19-5-2-1-4-15(19)7-8-16-9-10-18(12-21(16)20)29-23(28)22(26)27/h1-2,4-6,9-10,12,17H,3,7-8,11,13-14H2,(H,26,27)/b20-6-. The minimum atomic E-state index is -1.62. The molecule has 0 saturated carbocycles. The van der Waals surface area contributed by atoms with Gasteiger partial charge >= 0.3 is 11.9 Å². The first-order valence-electron chi connectivity index (χ1n) is 9.74. The number of esters is 1. The molecular weight excluding hydrogens is 373 g/mol. The van der Waals surface area contributed by atoms with E-state index in [-0.39, 0.29) is 5.75 Å². The zero-order chi connectivity index (χ0) is 20.4. The molecule has 5 nitrogen and oxygen atoms in total. The Labute approximate surface area is 168 Å². The first-order chi connectivity index (χ1) is 14.0. The molecule has 0 atom stereocenters. The maximum atomic E-state index is 13.1. The van der Waals surface area contributed by atoms with Gasteiger partial charge in [-0.05, 0) is 59.2 Å². The van der Waals surface area contributed by atoms with Gasteiger partial charge in [0.05, 0.1) is 0 Å². The number of ether oxygens (including phenoxy) is 1. The van der Waals surface area contributed by atoms with Crippen molar-refractivity contribution in [2.24, 2.45) is 0 Å². The van der Waals surface area contributed by atoms with E-state index < -0.39 is 18.1 Å². The van der Waals surface area contributed by atoms with Crippen molar-refractivity contribution in [3.63, 3.8) is 0 Å². The van der Waals surface area contributed by atoms with Gasteiger partial charge in [-0.15, -0.1) is 0 Å². The summed E-state index contributed by atoms with van der Waals surface area (Å²) in [6.07, 6.45) is 3.94. The van der Waals surface area contributed by atoms with E-state index in [1.807, 2.05) is 18.2 Å². The molecule has 0 spiro atoms. The van der Waals surface area contributed by atoms with E-state index in [4.69, 9.17) is 9.84 Å². The van der Waals surface area contributed by atoms with Gasteiger partial charge in [0, 0.05) is 19.6 Å². The Bertz CT molecular complexity index is 979. The fraction of sp³-hybridized carbons (Fsp3) is 0.304. The van der Waals surface area contributed by atoms with Gasteiger partial charge in [0.25, 0.3) is 0 Å². The summed E-state index contributed by atoms with van der Waals surface area (Å²) in [7, 11) is 0. The van der Waals surface area contributed by atoms with E-state index in [2.05, 4.69) is 23.1 Å². The maximum Gasteiger partial charge on any atom is 0.422 e. The smallest absolute Gasteiger partial charge is 0.422 e. The number of fused-ring (bicyclic) bond motifs is 2. The lowest BCUT2D eigenvalue weighted by Gasteiger charge is -2.33. The highest BCUT2D eigenvalue weighted by atomic mass is 19.1. The summed E-state index contributed by atoms with van der Waals surface area (Å²) >= 11 is 0. The monoisotopic (exact) mass is 395 g/mol. The first-order valence-corrected chi connectivity index (χ1v) is 9.74. The van der Waals surface area contributed by atoms with E-state index >= 15 is 0 Å². The topological polar surface area (TPSA) is 66.8 Å². The fourth-order valence-electron chi connectivity index (χ4n) is 3.95. The van der Waals surface area contributed by atoms with Crippen molar-refractivity contribution < 1.29 is 23.8 Å². The molecule has 4 rings (SSSR count). The summed E-state index contributed by atoms with van der Waals surface area (Å²) in [6.45, 7) is 1.77. The molecule has 0 amide bonds. The molecule has 1 aliphatic heterocycles. The van der Waals surface area contributed by atoms with Crippen LogP contribution in [-0.2, 0) is 22.4 Å². The number of nitrogens with zero attached hydrogens (tertiary/aromatic N) is 1. The van der Waals surface area contributed by atoms with Crippen LogP contribution < -0.4 is 4.74 Å². The van der Waals surface area contributed by atoms with Gasteiger partial charge in [-0.3, -0.25) is 4.90 Å². The third-order valence-corrected chi connectivity index (χ3v) is 5.43. The van der Waals surface area contributed by atoms with Crippen molar-refractivity contribution in [2.75, 3.05) is 19.6 Å². The number of carbonyl (C=O) groups is 2. The molecule has 1 heterocycles. The van der Waals surface area contributed by atoms with Crippen LogP contribution in [-0.4, -0.2) is 47.8 Å². The van der Waals surface area contributed by atoms with Gasteiger partial charge in [0.15, 0.2) is 0 Å². The second-order valence-electron chi connectivity index (χ2n) is 7.43. The average molecular weight is 395 g/mol. The highest BCUT2D eigenvalue weighted by Gasteiger charge is 2.25. The summed E-state index contributed by atoms with van der Waals surface area (Å²) < 4.78 is 18.0. The number of benzene rings is 2. The highest BCUT2D eigenvalue weighted by molar-refractivity contribution is 6.29. The molecule has 150 valence electrons. The molecule has 29 heavy (non-hydrogen) atoms. The number of hydrogen-bond acceptors (Lipinski definition) is 4. The number of aryl methyl sites for hydroxylation is 2. The van der Waals surface area contributed by atoms with Gasteiger partial charge in [-0.2, -0.15) is 0 Å². The minimum Gasteiger partial charge on any atom is -0.473 e. The highest BCUT2D eigenvalue weighted by Crippen LogP contribution is 2.36. The fourth-order valence-corrected chi connectivity index (χ4v) is 3.95. The number of aliphatic carboxylic acids is 1. The van der Waals surface area contributed by atoms with Crippen LogP contribution in [0.15, 0.2) is 48.5 Å². The lowest BCUT2D eigenvalue weighted by molar-refractivity contribution is -0.158. The van der Waals surface area contributed by atoms with Gasteiger partial charge in [-0.25, -0.2) is 14.0 Å². The molecule has 6 heteroatoms. The summed E-state index contributed by atoms with van der Waals surface area (Å²) in [5, 5.41) is 8.81. The van der Waals surface area contributed by atoms with Crippen LogP contribution in [0.5, 0.6) is 5.75 Å². The Morgan fingerprint density at radius 1 is 1.10 bits per heavy atom. The zero-order valence-corrected chi connectivity index (χ0v) is 15.9. The number of carbonyl (C=O) groups excluding carboxylic acids is 1. The molecule has 2 aromatic rings. The van der Waals surface area contributed by atoms with Crippen molar-refractivity contribution >= 4 is 17.5 Å². The number of hydrogen-bond donors (Lipinski definition) is 1. The predicted octanol–water partition coefficient (Wildman–Crippen LogP) is 3.25. The molecule has 1 N–H and O–H groups in total. The summed E-state index contributed by atoms with van der Waals surface area (Å²) in [6, 6.07) is 13.5. The first kappa shape index (κ1) is 19.3. The molecule has 1 aliphatic carbocycles. The van der Waals surface area contributed by atoms with E-state index in [0.29, 0.717) is 13.1 Å². The lowest BCUT2D eigenvalue weighted by Crippen LogP contribution is -2.48. The van der Waals surface area contributed by atoms with Crippen molar-refractivity contribution in [1.29, 1.82) is 0 Å². The Balaban J connectivity index is 1.67. The normalized spacial score (nSPS) is 17.8. The molecular formula is C23H22FNO4. The van der Waals surface area contributed by atoms with Crippen molar-refractivity contribution in [3.05, 3.63) is 70.8 Å². The second-order valence-corrected chi connectivity index (χ2v) is 7.43. The number of carboxylic acids is 1. The molecule has 1 saturated heterocycles. The van der Waals surface area contributed by atoms with Crippen LogP contribution in [0.4, 0.5) is 4.39 Å². The zero-order valence-electron chi connectivity index (χ0n) is 15.9. The van der Waals surface area contributed by atoms with Crippen molar-refractivity contribution in [1.82, 2.24) is 4.90 Å². The number of carboxylic acid groups (broad SMARTS) is 1. The largest absolute Gasteiger partial charge is 0.473 e. The Morgan fingerprint density at radius 3 is 2.55 bits per heavy atom.